The van der Waals surface area contributed by atoms with Crippen molar-refractivity contribution in [2.45, 2.75) is 13.0 Å². The zero-order chi connectivity index (χ0) is 17.5. The Balaban J connectivity index is 2.00. The lowest BCUT2D eigenvalue weighted by Crippen LogP contribution is -2.30. The molecular formula is C18H17N3O3. The topological polar surface area (TPSA) is 91.2 Å². The summed E-state index contributed by atoms with van der Waals surface area (Å²) in [5, 5.41) is 14.3. The molecule has 122 valence electrons. The quantitative estimate of drug-likeness (QED) is 0.826. The molecule has 24 heavy (non-hydrogen) atoms. The highest BCUT2D eigenvalue weighted by Crippen LogP contribution is 2.16. The Hall–Kier alpha value is -3.33. The fourth-order valence-corrected chi connectivity index (χ4v) is 2.03. The molecule has 0 aliphatic carbocycles. The van der Waals surface area contributed by atoms with E-state index in [0.717, 1.165) is 0 Å². The Morgan fingerprint density at radius 1 is 1.12 bits per heavy atom. The van der Waals surface area contributed by atoms with E-state index in [9.17, 15) is 9.59 Å². The molecule has 0 aromatic heterocycles. The molecule has 6 heteroatoms. The molecule has 0 unspecified atom stereocenters. The number of nitriles is 1. The maximum atomic E-state index is 12.2. The summed E-state index contributed by atoms with van der Waals surface area (Å²) in [6.07, 6.45) is -0.960. The summed E-state index contributed by atoms with van der Waals surface area (Å²) in [7, 11) is 1.70. The number of esters is 1. The molecule has 0 fully saturated rings. The molecule has 2 aromatic carbocycles. The highest BCUT2D eigenvalue weighted by Gasteiger charge is 2.20. The van der Waals surface area contributed by atoms with Gasteiger partial charge in [-0.25, -0.2) is 4.79 Å². The maximum Gasteiger partial charge on any atom is 0.341 e. The first-order valence-electron chi connectivity index (χ1n) is 7.34. The van der Waals surface area contributed by atoms with Crippen LogP contribution >= 0.6 is 0 Å². The third-order valence-corrected chi connectivity index (χ3v) is 3.35. The minimum atomic E-state index is -0.960. The SMILES string of the molecule is CNc1ccccc1C(=O)O[C@H](C)C(=O)Nc1ccc(C#N)cc1. The normalized spacial score (nSPS) is 11.0. The van der Waals surface area contributed by atoms with E-state index < -0.39 is 18.0 Å². The molecule has 2 N–H and O–H groups in total. The molecule has 6 nitrogen and oxygen atoms in total. The number of hydrogen-bond acceptors (Lipinski definition) is 5. The van der Waals surface area contributed by atoms with Gasteiger partial charge in [0.1, 0.15) is 0 Å². The summed E-state index contributed by atoms with van der Waals surface area (Å²) in [6, 6.07) is 15.3. The number of anilines is 2. The van der Waals surface area contributed by atoms with Gasteiger partial charge in [-0.3, -0.25) is 4.79 Å². The fraction of sp³-hybridized carbons (Fsp3) is 0.167. The number of carbonyl (C=O) groups excluding carboxylic acids is 2. The monoisotopic (exact) mass is 323 g/mol. The molecule has 0 saturated heterocycles. The first kappa shape index (κ1) is 17.0. The van der Waals surface area contributed by atoms with E-state index in [1.54, 1.807) is 55.6 Å². The van der Waals surface area contributed by atoms with Crippen LogP contribution in [0.1, 0.15) is 22.8 Å². The highest BCUT2D eigenvalue weighted by molar-refractivity contribution is 5.99. The van der Waals surface area contributed by atoms with Crippen LogP contribution in [0.2, 0.25) is 0 Å². The Morgan fingerprint density at radius 2 is 1.79 bits per heavy atom. The number of nitrogens with one attached hydrogen (secondary N) is 2. The Bertz CT molecular complexity index is 779. The standard InChI is InChI=1S/C18H17N3O3/c1-12(17(22)21-14-9-7-13(11-19)8-10-14)24-18(23)15-5-3-4-6-16(15)20-2/h3-10,12,20H,1-2H3,(H,21,22)/t12-/m1/s1. The van der Waals surface area contributed by atoms with Gasteiger partial charge in [0.05, 0.1) is 17.2 Å². The van der Waals surface area contributed by atoms with E-state index in [4.69, 9.17) is 10.00 Å². The zero-order valence-corrected chi connectivity index (χ0v) is 13.4. The van der Waals surface area contributed by atoms with E-state index in [0.29, 0.717) is 22.5 Å². The summed E-state index contributed by atoms with van der Waals surface area (Å²) < 4.78 is 5.21. The van der Waals surface area contributed by atoms with Crippen molar-refractivity contribution >= 4 is 23.3 Å². The van der Waals surface area contributed by atoms with Crippen LogP contribution in [-0.4, -0.2) is 25.0 Å². The minimum Gasteiger partial charge on any atom is -0.449 e. The first-order chi connectivity index (χ1) is 11.5. The maximum absolute atomic E-state index is 12.2. The molecule has 2 aromatic rings. The van der Waals surface area contributed by atoms with Crippen LogP contribution in [0, 0.1) is 11.3 Å². The van der Waals surface area contributed by atoms with Crippen molar-refractivity contribution in [3.05, 3.63) is 59.7 Å². The molecule has 0 aliphatic heterocycles. The van der Waals surface area contributed by atoms with Gasteiger partial charge in [0.15, 0.2) is 6.10 Å². The lowest BCUT2D eigenvalue weighted by atomic mass is 10.2. The van der Waals surface area contributed by atoms with Crippen molar-refractivity contribution in [2.24, 2.45) is 0 Å². The second-order valence-electron chi connectivity index (χ2n) is 5.02. The Morgan fingerprint density at radius 3 is 2.42 bits per heavy atom. The molecular weight excluding hydrogens is 306 g/mol. The van der Waals surface area contributed by atoms with Crippen molar-refractivity contribution in [3.63, 3.8) is 0 Å². The summed E-state index contributed by atoms with van der Waals surface area (Å²) in [4.78, 5) is 24.3. The number of ether oxygens (including phenoxy) is 1. The number of amides is 1. The van der Waals surface area contributed by atoms with Gasteiger partial charge in [0.25, 0.3) is 5.91 Å². The summed E-state index contributed by atoms with van der Waals surface area (Å²) in [6.45, 7) is 1.50. The van der Waals surface area contributed by atoms with Crippen molar-refractivity contribution in [1.29, 1.82) is 5.26 Å². The van der Waals surface area contributed by atoms with E-state index in [1.807, 2.05) is 6.07 Å². The Kier molecular flexibility index (Phi) is 5.53. The fourth-order valence-electron chi connectivity index (χ4n) is 2.03. The van der Waals surface area contributed by atoms with Gasteiger partial charge in [-0.15, -0.1) is 0 Å². The largest absolute Gasteiger partial charge is 0.449 e. The van der Waals surface area contributed by atoms with Crippen LogP contribution in [0.4, 0.5) is 11.4 Å². The molecule has 0 radical (unpaired) electrons. The van der Waals surface area contributed by atoms with Crippen LogP contribution in [0.5, 0.6) is 0 Å². The highest BCUT2D eigenvalue weighted by atomic mass is 16.5. The smallest absolute Gasteiger partial charge is 0.341 e. The molecule has 0 bridgehead atoms. The molecule has 0 heterocycles. The average Bonchev–Trinajstić information content (AvgIpc) is 2.62. The van der Waals surface area contributed by atoms with Crippen molar-refractivity contribution in [1.82, 2.24) is 0 Å². The molecule has 0 saturated carbocycles. The van der Waals surface area contributed by atoms with Gasteiger partial charge >= 0.3 is 5.97 Å². The molecule has 0 aliphatic rings. The number of benzene rings is 2. The van der Waals surface area contributed by atoms with E-state index in [-0.39, 0.29) is 0 Å². The van der Waals surface area contributed by atoms with Crippen LogP contribution in [-0.2, 0) is 9.53 Å². The van der Waals surface area contributed by atoms with Gasteiger partial charge in [-0.05, 0) is 43.3 Å². The number of para-hydroxylation sites is 1. The van der Waals surface area contributed by atoms with Gasteiger partial charge in [0.2, 0.25) is 0 Å². The first-order valence-corrected chi connectivity index (χ1v) is 7.34. The molecule has 2 rings (SSSR count). The number of hydrogen-bond donors (Lipinski definition) is 2. The molecule has 0 spiro atoms. The zero-order valence-electron chi connectivity index (χ0n) is 13.4. The van der Waals surface area contributed by atoms with Crippen molar-refractivity contribution in [3.8, 4) is 6.07 Å². The van der Waals surface area contributed by atoms with E-state index >= 15 is 0 Å². The second-order valence-corrected chi connectivity index (χ2v) is 5.02. The average molecular weight is 323 g/mol. The van der Waals surface area contributed by atoms with Crippen molar-refractivity contribution in [2.75, 3.05) is 17.7 Å². The van der Waals surface area contributed by atoms with Crippen LogP contribution in [0.25, 0.3) is 0 Å². The minimum absolute atomic E-state index is 0.359. The lowest BCUT2D eigenvalue weighted by Gasteiger charge is -2.15. The van der Waals surface area contributed by atoms with E-state index in [1.165, 1.54) is 6.92 Å². The number of carbonyl (C=O) groups is 2. The molecule has 1 atom stereocenters. The van der Waals surface area contributed by atoms with Gasteiger partial charge < -0.3 is 15.4 Å². The lowest BCUT2D eigenvalue weighted by molar-refractivity contribution is -0.123. The number of rotatable bonds is 5. The third kappa shape index (κ3) is 4.11. The summed E-state index contributed by atoms with van der Waals surface area (Å²) >= 11 is 0. The van der Waals surface area contributed by atoms with Crippen LogP contribution < -0.4 is 10.6 Å². The van der Waals surface area contributed by atoms with Gasteiger partial charge in [0, 0.05) is 18.4 Å². The van der Waals surface area contributed by atoms with Gasteiger partial charge in [-0.2, -0.15) is 5.26 Å². The molecule has 1 amide bonds. The van der Waals surface area contributed by atoms with Gasteiger partial charge in [-0.1, -0.05) is 12.1 Å². The predicted octanol–water partition coefficient (Wildman–Crippen LogP) is 2.78. The third-order valence-electron chi connectivity index (χ3n) is 3.35. The van der Waals surface area contributed by atoms with Crippen LogP contribution in [0.15, 0.2) is 48.5 Å². The summed E-state index contributed by atoms with van der Waals surface area (Å²) in [5.41, 5.74) is 2.01. The van der Waals surface area contributed by atoms with E-state index in [2.05, 4.69) is 10.6 Å². The second kappa shape index (κ2) is 7.79. The Labute approximate surface area is 140 Å². The number of nitrogens with zero attached hydrogens (tertiary/aromatic N) is 1. The summed E-state index contributed by atoms with van der Waals surface area (Å²) in [5.74, 6) is -1.03. The van der Waals surface area contributed by atoms with Crippen LogP contribution in [0.3, 0.4) is 0 Å². The predicted molar refractivity (Wildman–Crippen MR) is 90.7 cm³/mol. The van der Waals surface area contributed by atoms with Crippen molar-refractivity contribution < 1.29 is 14.3 Å².